The molecule has 1 aromatic carbocycles. The van der Waals surface area contributed by atoms with Crippen molar-refractivity contribution in [1.82, 2.24) is 20.2 Å². The highest BCUT2D eigenvalue weighted by molar-refractivity contribution is 5.80. The van der Waals surface area contributed by atoms with Crippen LogP contribution in [-0.2, 0) is 11.2 Å². The molecule has 0 saturated heterocycles. The molecule has 5 heteroatoms. The minimum absolute atomic E-state index is 0.0612. The SMILES string of the molecule is CC(C)C(=O)CCc1nnnn1-c1ccccc1. The number of rotatable bonds is 5. The molecule has 0 spiro atoms. The standard InChI is InChI=1S/C13H16N4O/c1-10(2)12(18)8-9-13-14-15-16-17(13)11-6-4-3-5-7-11/h3-7,10H,8-9H2,1-2H3. The molecule has 0 amide bonds. The minimum atomic E-state index is 0.0612. The smallest absolute Gasteiger partial charge is 0.157 e. The lowest BCUT2D eigenvalue weighted by Gasteiger charge is -2.05. The fourth-order valence-corrected chi connectivity index (χ4v) is 1.66. The molecule has 5 nitrogen and oxygen atoms in total. The van der Waals surface area contributed by atoms with Gasteiger partial charge in [-0.2, -0.15) is 4.68 Å². The molecular formula is C13H16N4O. The normalized spacial score (nSPS) is 10.8. The van der Waals surface area contributed by atoms with Gasteiger partial charge in [-0.3, -0.25) is 4.79 Å². The van der Waals surface area contributed by atoms with Crippen molar-refractivity contribution in [1.29, 1.82) is 0 Å². The second-order valence-electron chi connectivity index (χ2n) is 4.46. The summed E-state index contributed by atoms with van der Waals surface area (Å²) < 4.78 is 1.67. The molecule has 2 rings (SSSR count). The van der Waals surface area contributed by atoms with Gasteiger partial charge in [0.15, 0.2) is 5.82 Å². The molecule has 0 N–H and O–H groups in total. The van der Waals surface area contributed by atoms with Crippen LogP contribution in [0.25, 0.3) is 5.69 Å². The third-order valence-corrected chi connectivity index (χ3v) is 2.77. The molecule has 0 radical (unpaired) electrons. The van der Waals surface area contributed by atoms with Gasteiger partial charge in [0.1, 0.15) is 5.78 Å². The van der Waals surface area contributed by atoms with E-state index in [0.717, 1.165) is 11.5 Å². The molecule has 0 aliphatic heterocycles. The van der Waals surface area contributed by atoms with E-state index in [-0.39, 0.29) is 11.7 Å². The first-order valence-corrected chi connectivity index (χ1v) is 6.04. The molecule has 0 saturated carbocycles. The molecule has 1 aromatic heterocycles. The zero-order valence-corrected chi connectivity index (χ0v) is 10.6. The van der Waals surface area contributed by atoms with E-state index in [4.69, 9.17) is 0 Å². The van der Waals surface area contributed by atoms with Crippen LogP contribution in [0.1, 0.15) is 26.1 Å². The number of tetrazole rings is 1. The molecule has 0 fully saturated rings. The van der Waals surface area contributed by atoms with Crippen LogP contribution in [0.2, 0.25) is 0 Å². The quantitative estimate of drug-likeness (QED) is 0.805. The van der Waals surface area contributed by atoms with Crippen molar-refractivity contribution < 1.29 is 4.79 Å². The number of aryl methyl sites for hydroxylation is 1. The summed E-state index contributed by atoms with van der Waals surface area (Å²) in [5.41, 5.74) is 0.912. The molecule has 1 heterocycles. The third kappa shape index (κ3) is 2.80. The van der Waals surface area contributed by atoms with Crippen molar-refractivity contribution in [3.63, 3.8) is 0 Å². The Morgan fingerprint density at radius 1 is 1.28 bits per heavy atom. The number of ketones is 1. The van der Waals surface area contributed by atoms with E-state index in [9.17, 15) is 4.79 Å². The highest BCUT2D eigenvalue weighted by Crippen LogP contribution is 2.09. The van der Waals surface area contributed by atoms with E-state index < -0.39 is 0 Å². The van der Waals surface area contributed by atoms with Crippen LogP contribution in [0.3, 0.4) is 0 Å². The summed E-state index contributed by atoms with van der Waals surface area (Å²) in [7, 11) is 0. The maximum absolute atomic E-state index is 11.6. The van der Waals surface area contributed by atoms with E-state index in [0.29, 0.717) is 12.8 Å². The van der Waals surface area contributed by atoms with Gasteiger partial charge in [-0.15, -0.1) is 5.10 Å². The largest absolute Gasteiger partial charge is 0.299 e. The summed E-state index contributed by atoms with van der Waals surface area (Å²) in [6, 6.07) is 9.67. The molecule has 0 aliphatic rings. The van der Waals surface area contributed by atoms with Gasteiger partial charge in [-0.05, 0) is 22.6 Å². The molecule has 0 atom stereocenters. The van der Waals surface area contributed by atoms with E-state index in [1.807, 2.05) is 44.2 Å². The number of para-hydroxylation sites is 1. The molecule has 0 aliphatic carbocycles. The Morgan fingerprint density at radius 3 is 2.67 bits per heavy atom. The predicted molar refractivity (Wildman–Crippen MR) is 67.3 cm³/mol. The van der Waals surface area contributed by atoms with Gasteiger partial charge >= 0.3 is 0 Å². The number of nitrogens with zero attached hydrogens (tertiary/aromatic N) is 4. The highest BCUT2D eigenvalue weighted by Gasteiger charge is 2.12. The van der Waals surface area contributed by atoms with Crippen molar-refractivity contribution in [3.05, 3.63) is 36.2 Å². The molecule has 2 aromatic rings. The van der Waals surface area contributed by atoms with Gasteiger partial charge in [-0.1, -0.05) is 32.0 Å². The third-order valence-electron chi connectivity index (χ3n) is 2.77. The molecule has 0 unspecified atom stereocenters. The monoisotopic (exact) mass is 244 g/mol. The summed E-state index contributed by atoms with van der Waals surface area (Å²) in [5.74, 6) is 1.01. The number of carbonyl (C=O) groups is 1. The van der Waals surface area contributed by atoms with Gasteiger partial charge in [-0.25, -0.2) is 0 Å². The number of Topliss-reactive ketones (excluding diaryl/α,β-unsaturated/α-hetero) is 1. The Balaban J connectivity index is 2.12. The van der Waals surface area contributed by atoms with E-state index in [1.165, 1.54) is 0 Å². The molecule has 18 heavy (non-hydrogen) atoms. The summed E-state index contributed by atoms with van der Waals surface area (Å²) in [5, 5.41) is 11.6. The first-order chi connectivity index (χ1) is 8.68. The first kappa shape index (κ1) is 12.4. The average Bonchev–Trinajstić information content (AvgIpc) is 2.85. The Kier molecular flexibility index (Phi) is 3.82. The van der Waals surface area contributed by atoms with Crippen LogP contribution in [-0.4, -0.2) is 26.0 Å². The Morgan fingerprint density at radius 2 is 2.00 bits per heavy atom. The Hall–Kier alpha value is -2.04. The topological polar surface area (TPSA) is 60.7 Å². The van der Waals surface area contributed by atoms with Crippen molar-refractivity contribution >= 4 is 5.78 Å². The van der Waals surface area contributed by atoms with Crippen LogP contribution in [0, 0.1) is 5.92 Å². The number of carbonyl (C=O) groups excluding carboxylic acids is 1. The van der Waals surface area contributed by atoms with Gasteiger partial charge < -0.3 is 0 Å². The zero-order valence-electron chi connectivity index (χ0n) is 10.6. The van der Waals surface area contributed by atoms with Gasteiger partial charge in [0, 0.05) is 18.8 Å². The van der Waals surface area contributed by atoms with Gasteiger partial charge in [0.05, 0.1) is 5.69 Å². The molecular weight excluding hydrogens is 228 g/mol. The lowest BCUT2D eigenvalue weighted by molar-refractivity contribution is -0.121. The van der Waals surface area contributed by atoms with Gasteiger partial charge in [0.25, 0.3) is 0 Å². The maximum atomic E-state index is 11.6. The van der Waals surface area contributed by atoms with E-state index >= 15 is 0 Å². The lowest BCUT2D eigenvalue weighted by atomic mass is 10.0. The Bertz CT molecular complexity index is 519. The number of aromatic nitrogens is 4. The lowest BCUT2D eigenvalue weighted by Crippen LogP contribution is -2.10. The Labute approximate surface area is 106 Å². The average molecular weight is 244 g/mol. The first-order valence-electron chi connectivity index (χ1n) is 6.04. The summed E-state index contributed by atoms with van der Waals surface area (Å²) >= 11 is 0. The van der Waals surface area contributed by atoms with Crippen LogP contribution in [0.4, 0.5) is 0 Å². The molecule has 0 bridgehead atoms. The summed E-state index contributed by atoms with van der Waals surface area (Å²) in [6.45, 7) is 3.81. The minimum Gasteiger partial charge on any atom is -0.299 e. The van der Waals surface area contributed by atoms with Crippen molar-refractivity contribution in [3.8, 4) is 5.69 Å². The van der Waals surface area contributed by atoms with Crippen LogP contribution < -0.4 is 0 Å². The van der Waals surface area contributed by atoms with Crippen molar-refractivity contribution in [2.24, 2.45) is 5.92 Å². The summed E-state index contributed by atoms with van der Waals surface area (Å²) in [6.07, 6.45) is 1.05. The van der Waals surface area contributed by atoms with Crippen molar-refractivity contribution in [2.75, 3.05) is 0 Å². The van der Waals surface area contributed by atoms with Crippen LogP contribution in [0.5, 0.6) is 0 Å². The number of benzene rings is 1. The fraction of sp³-hybridized carbons (Fsp3) is 0.385. The summed E-state index contributed by atoms with van der Waals surface area (Å²) in [4.78, 5) is 11.6. The van der Waals surface area contributed by atoms with Crippen LogP contribution in [0.15, 0.2) is 30.3 Å². The zero-order chi connectivity index (χ0) is 13.0. The fourth-order valence-electron chi connectivity index (χ4n) is 1.66. The predicted octanol–water partition coefficient (Wildman–Crippen LogP) is 1.82. The molecule has 94 valence electrons. The van der Waals surface area contributed by atoms with E-state index in [2.05, 4.69) is 15.5 Å². The highest BCUT2D eigenvalue weighted by atomic mass is 16.1. The van der Waals surface area contributed by atoms with Crippen LogP contribution >= 0.6 is 0 Å². The van der Waals surface area contributed by atoms with Gasteiger partial charge in [0.2, 0.25) is 0 Å². The van der Waals surface area contributed by atoms with Crippen molar-refractivity contribution in [2.45, 2.75) is 26.7 Å². The number of hydrogen-bond donors (Lipinski definition) is 0. The number of hydrogen-bond acceptors (Lipinski definition) is 4. The maximum Gasteiger partial charge on any atom is 0.157 e. The second-order valence-corrected chi connectivity index (χ2v) is 4.46. The van der Waals surface area contributed by atoms with E-state index in [1.54, 1.807) is 4.68 Å². The second kappa shape index (κ2) is 5.53.